The number of benzene rings is 4. The topological polar surface area (TPSA) is 95.2 Å². The lowest BCUT2D eigenvalue weighted by Gasteiger charge is -2.10. The summed E-state index contributed by atoms with van der Waals surface area (Å²) in [7, 11) is 0. The smallest absolute Gasteiger partial charge is 0.138 e. The summed E-state index contributed by atoms with van der Waals surface area (Å²) < 4.78 is 27.9. The minimum atomic E-state index is -0.468. The molecule has 0 unspecified atom stereocenters. The molecule has 0 amide bonds. The van der Waals surface area contributed by atoms with Gasteiger partial charge in [-0.25, -0.2) is 8.78 Å². The van der Waals surface area contributed by atoms with Crippen molar-refractivity contribution in [3.05, 3.63) is 112 Å². The van der Waals surface area contributed by atoms with Crippen molar-refractivity contribution < 1.29 is 8.78 Å². The van der Waals surface area contributed by atoms with E-state index < -0.39 is 11.6 Å². The maximum absolute atomic E-state index is 14.0. The van der Waals surface area contributed by atoms with Crippen LogP contribution in [-0.2, 0) is 0 Å². The minimum absolute atomic E-state index is 0.153. The van der Waals surface area contributed by atoms with E-state index in [1.54, 1.807) is 36.4 Å². The highest BCUT2D eigenvalue weighted by molar-refractivity contribution is 6.07. The summed E-state index contributed by atoms with van der Waals surface area (Å²) >= 11 is 0. The number of hydrogen-bond donors (Lipinski definition) is 0. The zero-order valence-electron chi connectivity index (χ0n) is 18.5. The van der Waals surface area contributed by atoms with Crippen LogP contribution in [0.15, 0.2) is 78.4 Å². The Hall–Kier alpha value is -5.56. The average Bonchev–Trinajstić information content (AvgIpc) is 3.20. The maximum Gasteiger partial charge on any atom is 0.138 e. The third-order valence-corrected chi connectivity index (χ3v) is 6.13. The SMILES string of the molecule is N#CC(C#N)=C1c2cc(-c3cccc(F)c3)c(C#N)cc2-c2cc(C#N)c(-c3cccc(F)c3)cc21. The van der Waals surface area contributed by atoms with E-state index in [-0.39, 0.29) is 16.7 Å². The van der Waals surface area contributed by atoms with Crippen LogP contribution in [0.3, 0.4) is 0 Å². The van der Waals surface area contributed by atoms with Crippen LogP contribution in [-0.4, -0.2) is 0 Å². The maximum atomic E-state index is 14.0. The fourth-order valence-electron chi connectivity index (χ4n) is 4.58. The molecule has 4 aromatic carbocycles. The van der Waals surface area contributed by atoms with E-state index in [1.807, 2.05) is 12.1 Å². The molecule has 1 aliphatic rings. The molecule has 0 heterocycles. The van der Waals surface area contributed by atoms with Gasteiger partial charge in [0.15, 0.2) is 0 Å². The second-order valence-electron chi connectivity index (χ2n) is 8.10. The van der Waals surface area contributed by atoms with Gasteiger partial charge in [-0.1, -0.05) is 24.3 Å². The lowest BCUT2D eigenvalue weighted by molar-refractivity contribution is 0.628. The van der Waals surface area contributed by atoms with Crippen LogP contribution in [0.25, 0.3) is 39.0 Å². The van der Waals surface area contributed by atoms with E-state index in [0.29, 0.717) is 50.1 Å². The molecule has 0 fully saturated rings. The second-order valence-corrected chi connectivity index (χ2v) is 8.10. The first-order valence-corrected chi connectivity index (χ1v) is 10.7. The molecule has 5 rings (SSSR count). The molecule has 36 heavy (non-hydrogen) atoms. The zero-order valence-corrected chi connectivity index (χ0v) is 18.5. The van der Waals surface area contributed by atoms with Crippen molar-refractivity contribution >= 4 is 5.57 Å². The summed E-state index contributed by atoms with van der Waals surface area (Å²) in [6.45, 7) is 0. The Kier molecular flexibility index (Phi) is 5.35. The van der Waals surface area contributed by atoms with Gasteiger partial charge in [0, 0.05) is 16.7 Å². The summed E-state index contributed by atoms with van der Waals surface area (Å²) in [5.41, 5.74) is 4.74. The third kappa shape index (κ3) is 3.48. The Morgan fingerprint density at radius 3 is 1.33 bits per heavy atom. The van der Waals surface area contributed by atoms with Crippen LogP contribution in [0.2, 0.25) is 0 Å². The highest BCUT2D eigenvalue weighted by Crippen LogP contribution is 2.49. The van der Waals surface area contributed by atoms with Crippen molar-refractivity contribution in [2.45, 2.75) is 0 Å². The van der Waals surface area contributed by atoms with Gasteiger partial charge in [0.1, 0.15) is 29.3 Å². The molecule has 4 nitrogen and oxygen atoms in total. The largest absolute Gasteiger partial charge is 0.207 e. The Bertz CT molecular complexity index is 1670. The summed E-state index contributed by atoms with van der Waals surface area (Å²) in [5.74, 6) is -0.937. The van der Waals surface area contributed by atoms with Gasteiger partial charge < -0.3 is 0 Å². The minimum Gasteiger partial charge on any atom is -0.207 e. The number of fused-ring (bicyclic) bond motifs is 3. The number of halogens is 2. The Morgan fingerprint density at radius 1 is 0.528 bits per heavy atom. The predicted molar refractivity (Wildman–Crippen MR) is 129 cm³/mol. The van der Waals surface area contributed by atoms with Gasteiger partial charge in [0.25, 0.3) is 0 Å². The summed E-state index contributed by atoms with van der Waals surface area (Å²) in [6.07, 6.45) is 0. The molecule has 0 saturated heterocycles. The zero-order chi connectivity index (χ0) is 25.4. The molecule has 0 spiro atoms. The summed E-state index contributed by atoms with van der Waals surface area (Å²) in [4.78, 5) is 0. The van der Waals surface area contributed by atoms with Crippen molar-refractivity contribution in [1.29, 1.82) is 21.0 Å². The quantitative estimate of drug-likeness (QED) is 0.265. The van der Waals surface area contributed by atoms with Gasteiger partial charge in [0.05, 0.1) is 23.3 Å². The lowest BCUT2D eigenvalue weighted by Crippen LogP contribution is -1.92. The molecule has 1 aliphatic carbocycles. The van der Waals surface area contributed by atoms with E-state index >= 15 is 0 Å². The van der Waals surface area contributed by atoms with Crippen LogP contribution in [0.1, 0.15) is 22.3 Å². The second kappa shape index (κ2) is 8.66. The van der Waals surface area contributed by atoms with Crippen LogP contribution >= 0.6 is 0 Å². The monoisotopic (exact) mass is 466 g/mol. The van der Waals surface area contributed by atoms with Crippen LogP contribution in [0.5, 0.6) is 0 Å². The van der Waals surface area contributed by atoms with Crippen LogP contribution < -0.4 is 0 Å². The molecule has 0 aliphatic heterocycles. The van der Waals surface area contributed by atoms with Crippen molar-refractivity contribution in [2.75, 3.05) is 0 Å². The molecular formula is C30H12F2N4. The van der Waals surface area contributed by atoms with Crippen molar-refractivity contribution in [1.82, 2.24) is 0 Å². The molecule has 6 heteroatoms. The number of nitriles is 4. The highest BCUT2D eigenvalue weighted by atomic mass is 19.1. The van der Waals surface area contributed by atoms with Crippen LogP contribution in [0, 0.1) is 57.0 Å². The lowest BCUT2D eigenvalue weighted by atomic mass is 9.92. The molecule has 4 aromatic rings. The van der Waals surface area contributed by atoms with Gasteiger partial charge in [-0.05, 0) is 81.9 Å². The molecule has 166 valence electrons. The fraction of sp³-hybridized carbons (Fsp3) is 0. The molecule has 0 aromatic heterocycles. The van der Waals surface area contributed by atoms with Crippen molar-refractivity contribution in [3.8, 4) is 57.7 Å². The molecule has 0 N–H and O–H groups in total. The van der Waals surface area contributed by atoms with E-state index in [9.17, 15) is 29.8 Å². The Morgan fingerprint density at radius 2 is 0.972 bits per heavy atom. The first-order chi connectivity index (χ1) is 17.5. The standard InChI is InChI=1S/C30H12F2N4/c31-22-5-1-3-17(7-22)24-11-28-26(9-19(24)13-33)27-10-20(14-34)25(18-4-2-6-23(32)8-18)12-29(27)30(28)21(15-35)16-36/h1-12H. The van der Waals surface area contributed by atoms with E-state index in [1.165, 1.54) is 36.4 Å². The van der Waals surface area contributed by atoms with Gasteiger partial charge >= 0.3 is 0 Å². The van der Waals surface area contributed by atoms with E-state index in [4.69, 9.17) is 0 Å². The first kappa shape index (κ1) is 22.2. The number of nitrogens with zero attached hydrogens (tertiary/aromatic N) is 4. The molecule has 0 radical (unpaired) electrons. The summed E-state index contributed by atoms with van der Waals surface area (Å²) in [5, 5.41) is 39.2. The van der Waals surface area contributed by atoms with Crippen molar-refractivity contribution in [2.24, 2.45) is 0 Å². The van der Waals surface area contributed by atoms with Crippen LogP contribution in [0.4, 0.5) is 8.78 Å². The predicted octanol–water partition coefficient (Wildman–Crippen LogP) is 6.87. The normalized spacial score (nSPS) is 10.9. The third-order valence-electron chi connectivity index (χ3n) is 6.13. The van der Waals surface area contributed by atoms with Crippen molar-refractivity contribution in [3.63, 3.8) is 0 Å². The number of allylic oxidation sites excluding steroid dienone is 1. The van der Waals surface area contributed by atoms with E-state index in [0.717, 1.165) is 0 Å². The van der Waals surface area contributed by atoms with Gasteiger partial charge in [0.2, 0.25) is 0 Å². The Labute approximate surface area is 205 Å². The number of rotatable bonds is 2. The molecule has 0 atom stereocenters. The fourth-order valence-corrected chi connectivity index (χ4v) is 4.58. The molecule has 0 saturated carbocycles. The average molecular weight is 466 g/mol. The van der Waals surface area contributed by atoms with E-state index in [2.05, 4.69) is 12.1 Å². The number of hydrogen-bond acceptors (Lipinski definition) is 4. The highest BCUT2D eigenvalue weighted by Gasteiger charge is 2.30. The Balaban J connectivity index is 1.86. The first-order valence-electron chi connectivity index (χ1n) is 10.7. The molecule has 0 bridgehead atoms. The van der Waals surface area contributed by atoms with Gasteiger partial charge in [-0.15, -0.1) is 0 Å². The molecular weight excluding hydrogens is 454 g/mol. The van der Waals surface area contributed by atoms with Gasteiger partial charge in [-0.2, -0.15) is 21.0 Å². The summed E-state index contributed by atoms with van der Waals surface area (Å²) in [6, 6.07) is 26.3. The van der Waals surface area contributed by atoms with Gasteiger partial charge in [-0.3, -0.25) is 0 Å².